The van der Waals surface area contributed by atoms with Gasteiger partial charge < -0.3 is 10.2 Å². The van der Waals surface area contributed by atoms with Gasteiger partial charge in [0.15, 0.2) is 0 Å². The Labute approximate surface area is 114 Å². The molecule has 1 saturated heterocycles. The summed E-state index contributed by atoms with van der Waals surface area (Å²) in [7, 11) is 0. The van der Waals surface area contributed by atoms with E-state index in [2.05, 4.69) is 21.2 Å². The molecule has 2 amide bonds. The van der Waals surface area contributed by atoms with Gasteiger partial charge in [-0.25, -0.2) is 0 Å². The van der Waals surface area contributed by atoms with Crippen LogP contribution in [0.4, 0.5) is 5.69 Å². The Morgan fingerprint density at radius 2 is 1.89 bits per heavy atom. The molecule has 2 rings (SSSR count). The van der Waals surface area contributed by atoms with Crippen molar-refractivity contribution < 1.29 is 9.59 Å². The van der Waals surface area contributed by atoms with E-state index >= 15 is 0 Å². The van der Waals surface area contributed by atoms with E-state index < -0.39 is 6.04 Å². The lowest BCUT2D eigenvalue weighted by molar-refractivity contribution is -0.132. The number of benzene rings is 1. The van der Waals surface area contributed by atoms with E-state index in [0.717, 1.165) is 10.2 Å². The summed E-state index contributed by atoms with van der Waals surface area (Å²) in [5.74, 6) is -0.0807. The van der Waals surface area contributed by atoms with Crippen LogP contribution in [0.5, 0.6) is 0 Å². The first-order chi connectivity index (χ1) is 8.49. The van der Waals surface area contributed by atoms with Crippen LogP contribution in [0.25, 0.3) is 0 Å². The van der Waals surface area contributed by atoms with Crippen molar-refractivity contribution in [2.24, 2.45) is 5.92 Å². The number of halogens is 1. The van der Waals surface area contributed by atoms with Gasteiger partial charge in [0.25, 0.3) is 0 Å². The zero-order valence-electron chi connectivity index (χ0n) is 10.3. The number of nitrogens with one attached hydrogen (secondary N) is 1. The van der Waals surface area contributed by atoms with Gasteiger partial charge in [-0.15, -0.1) is 0 Å². The number of nitrogens with zero attached hydrogens (tertiary/aromatic N) is 1. The number of hydrogen-bond acceptors (Lipinski definition) is 2. The summed E-state index contributed by atoms with van der Waals surface area (Å²) in [4.78, 5) is 25.5. The molecule has 1 aliphatic heterocycles. The van der Waals surface area contributed by atoms with Crippen molar-refractivity contribution in [2.45, 2.75) is 19.9 Å². The Balaban J connectivity index is 2.28. The number of hydrogen-bond donors (Lipinski definition) is 1. The zero-order chi connectivity index (χ0) is 13.3. The molecule has 1 fully saturated rings. The van der Waals surface area contributed by atoms with Crippen LogP contribution in [0.1, 0.15) is 13.8 Å². The van der Waals surface area contributed by atoms with Gasteiger partial charge in [0, 0.05) is 10.2 Å². The van der Waals surface area contributed by atoms with Crippen LogP contribution in [0, 0.1) is 5.92 Å². The second-order valence-electron chi connectivity index (χ2n) is 4.69. The molecule has 1 atom stereocenters. The highest BCUT2D eigenvalue weighted by molar-refractivity contribution is 9.10. The Morgan fingerprint density at radius 3 is 2.44 bits per heavy atom. The summed E-state index contributed by atoms with van der Waals surface area (Å²) >= 11 is 3.35. The highest BCUT2D eigenvalue weighted by Crippen LogP contribution is 2.22. The monoisotopic (exact) mass is 310 g/mol. The van der Waals surface area contributed by atoms with E-state index in [4.69, 9.17) is 0 Å². The molecule has 0 spiro atoms. The number of carbonyl (C=O) groups is 2. The van der Waals surface area contributed by atoms with E-state index in [1.165, 1.54) is 4.90 Å². The normalized spacial score (nSPS) is 20.2. The minimum absolute atomic E-state index is 0.0491. The molecule has 0 aliphatic carbocycles. The van der Waals surface area contributed by atoms with Crippen molar-refractivity contribution in [3.63, 3.8) is 0 Å². The lowest BCUT2D eigenvalue weighted by atomic mass is 10.0. The number of carbonyl (C=O) groups excluding carboxylic acids is 2. The standard InChI is InChI=1S/C13H15BrN2O2/c1-8(2)12-13(18)16(7-11(17)15-12)10-5-3-9(14)4-6-10/h3-6,8,12H,7H2,1-2H3,(H,15,17). The summed E-state index contributed by atoms with van der Waals surface area (Å²) in [6.07, 6.45) is 0. The van der Waals surface area contributed by atoms with Crippen molar-refractivity contribution in [1.82, 2.24) is 5.32 Å². The Kier molecular flexibility index (Phi) is 3.71. The first kappa shape index (κ1) is 13.1. The molecular weight excluding hydrogens is 296 g/mol. The molecule has 1 aromatic rings. The van der Waals surface area contributed by atoms with Crippen LogP contribution in [0.3, 0.4) is 0 Å². The van der Waals surface area contributed by atoms with Crippen molar-refractivity contribution in [3.05, 3.63) is 28.7 Å². The van der Waals surface area contributed by atoms with Crippen LogP contribution >= 0.6 is 15.9 Å². The molecule has 0 saturated carbocycles. The molecule has 1 aliphatic rings. The van der Waals surface area contributed by atoms with Gasteiger partial charge in [0.2, 0.25) is 11.8 Å². The number of anilines is 1. The van der Waals surface area contributed by atoms with Crippen LogP contribution in [0.15, 0.2) is 28.7 Å². The topological polar surface area (TPSA) is 49.4 Å². The average molecular weight is 311 g/mol. The summed E-state index contributed by atoms with van der Waals surface area (Å²) in [6.45, 7) is 3.94. The maximum Gasteiger partial charge on any atom is 0.250 e. The van der Waals surface area contributed by atoms with Crippen molar-refractivity contribution >= 4 is 33.4 Å². The van der Waals surface area contributed by atoms with Gasteiger partial charge in [0.1, 0.15) is 12.6 Å². The fraction of sp³-hybridized carbons (Fsp3) is 0.385. The molecule has 5 heteroatoms. The Morgan fingerprint density at radius 1 is 1.28 bits per heavy atom. The largest absolute Gasteiger partial charge is 0.342 e. The predicted octanol–water partition coefficient (Wildman–Crippen LogP) is 1.94. The maximum absolute atomic E-state index is 12.3. The second kappa shape index (κ2) is 5.10. The molecule has 1 heterocycles. The minimum Gasteiger partial charge on any atom is -0.342 e. The van der Waals surface area contributed by atoms with E-state index in [0.29, 0.717) is 0 Å². The van der Waals surface area contributed by atoms with Gasteiger partial charge in [-0.3, -0.25) is 9.59 Å². The highest BCUT2D eigenvalue weighted by Gasteiger charge is 2.35. The van der Waals surface area contributed by atoms with Gasteiger partial charge >= 0.3 is 0 Å². The molecule has 4 nitrogen and oxygen atoms in total. The van der Waals surface area contributed by atoms with Crippen molar-refractivity contribution in [3.8, 4) is 0 Å². The second-order valence-corrected chi connectivity index (χ2v) is 5.61. The molecule has 1 unspecified atom stereocenters. The first-order valence-electron chi connectivity index (χ1n) is 5.85. The highest BCUT2D eigenvalue weighted by atomic mass is 79.9. The van der Waals surface area contributed by atoms with Crippen LogP contribution < -0.4 is 10.2 Å². The number of piperazine rings is 1. The maximum atomic E-state index is 12.3. The molecule has 0 radical (unpaired) electrons. The fourth-order valence-corrected chi connectivity index (χ4v) is 2.23. The van der Waals surface area contributed by atoms with Crippen molar-refractivity contribution in [1.29, 1.82) is 0 Å². The first-order valence-corrected chi connectivity index (χ1v) is 6.64. The number of rotatable bonds is 2. The molecule has 18 heavy (non-hydrogen) atoms. The lowest BCUT2D eigenvalue weighted by Gasteiger charge is -2.34. The Bertz CT molecular complexity index is 470. The van der Waals surface area contributed by atoms with E-state index in [1.807, 2.05) is 38.1 Å². The summed E-state index contributed by atoms with van der Waals surface area (Å²) < 4.78 is 0.945. The molecule has 1 N–H and O–H groups in total. The van der Waals surface area contributed by atoms with Crippen molar-refractivity contribution in [2.75, 3.05) is 11.4 Å². The third kappa shape index (κ3) is 2.56. The molecule has 0 bridgehead atoms. The SMILES string of the molecule is CC(C)C1NC(=O)CN(c2ccc(Br)cc2)C1=O. The van der Waals surface area contributed by atoms with E-state index in [-0.39, 0.29) is 24.3 Å². The summed E-state index contributed by atoms with van der Waals surface area (Å²) in [6, 6.07) is 6.95. The fourth-order valence-electron chi connectivity index (χ4n) is 1.96. The molecule has 1 aromatic carbocycles. The van der Waals surface area contributed by atoms with E-state index in [1.54, 1.807) is 0 Å². The van der Waals surface area contributed by atoms with Gasteiger partial charge in [0.05, 0.1) is 0 Å². The third-order valence-electron chi connectivity index (χ3n) is 2.96. The van der Waals surface area contributed by atoms with Crippen LogP contribution in [-0.4, -0.2) is 24.4 Å². The minimum atomic E-state index is -0.435. The number of amides is 2. The zero-order valence-corrected chi connectivity index (χ0v) is 11.9. The lowest BCUT2D eigenvalue weighted by Crippen LogP contribution is -2.60. The molecule has 96 valence electrons. The molecule has 0 aromatic heterocycles. The summed E-state index contributed by atoms with van der Waals surface area (Å²) in [5, 5.41) is 2.74. The van der Waals surface area contributed by atoms with Gasteiger partial charge in [-0.2, -0.15) is 0 Å². The average Bonchev–Trinajstić information content (AvgIpc) is 2.32. The van der Waals surface area contributed by atoms with Gasteiger partial charge in [-0.1, -0.05) is 29.8 Å². The smallest absolute Gasteiger partial charge is 0.250 e. The van der Waals surface area contributed by atoms with Crippen LogP contribution in [-0.2, 0) is 9.59 Å². The summed E-state index contributed by atoms with van der Waals surface area (Å²) in [5.41, 5.74) is 0.753. The molecular formula is C13H15BrN2O2. The van der Waals surface area contributed by atoms with E-state index in [9.17, 15) is 9.59 Å². The Hall–Kier alpha value is -1.36. The third-order valence-corrected chi connectivity index (χ3v) is 3.48. The predicted molar refractivity (Wildman–Crippen MR) is 73.3 cm³/mol. The van der Waals surface area contributed by atoms with Crippen LogP contribution in [0.2, 0.25) is 0 Å². The van der Waals surface area contributed by atoms with Gasteiger partial charge in [-0.05, 0) is 30.2 Å². The quantitative estimate of drug-likeness (QED) is 0.907.